The van der Waals surface area contributed by atoms with E-state index >= 15 is 0 Å². The van der Waals surface area contributed by atoms with Crippen molar-refractivity contribution in [1.82, 2.24) is 0 Å². The Morgan fingerprint density at radius 1 is 1.29 bits per heavy atom. The van der Waals surface area contributed by atoms with Gasteiger partial charge in [-0.15, -0.1) is 0 Å². The lowest BCUT2D eigenvalue weighted by molar-refractivity contribution is 0.521. The predicted octanol–water partition coefficient (Wildman–Crippen LogP) is 3.32. The highest BCUT2D eigenvalue weighted by Crippen LogP contribution is 2.24. The minimum absolute atomic E-state index is 0.323. The first-order valence-corrected chi connectivity index (χ1v) is 6.14. The van der Waals surface area contributed by atoms with E-state index in [2.05, 4.69) is 11.8 Å². The Balaban J connectivity index is 2.21. The fourth-order valence-electron chi connectivity index (χ4n) is 2.34. The molecule has 0 radical (unpaired) electrons. The summed E-state index contributed by atoms with van der Waals surface area (Å²) in [5.41, 5.74) is 1.24. The third-order valence-electron chi connectivity index (χ3n) is 3.39. The molecule has 1 unspecified atom stereocenters. The molecule has 2 rings (SSSR count). The van der Waals surface area contributed by atoms with E-state index in [4.69, 9.17) is 5.26 Å². The van der Waals surface area contributed by atoms with Gasteiger partial charge >= 0.3 is 0 Å². The van der Waals surface area contributed by atoms with Crippen molar-refractivity contribution in [3.8, 4) is 6.07 Å². The number of nitriles is 1. The summed E-state index contributed by atoms with van der Waals surface area (Å²) in [4.78, 5) is 2.19. The Hall–Kier alpha value is -1.56. The Morgan fingerprint density at radius 2 is 2.12 bits per heavy atom. The van der Waals surface area contributed by atoms with Gasteiger partial charge in [0.15, 0.2) is 0 Å². The zero-order valence-electron chi connectivity index (χ0n) is 10.1. The van der Waals surface area contributed by atoms with Crippen LogP contribution in [0.4, 0.5) is 10.1 Å². The van der Waals surface area contributed by atoms with Crippen LogP contribution in [0.25, 0.3) is 0 Å². The van der Waals surface area contributed by atoms with E-state index < -0.39 is 0 Å². The highest BCUT2D eigenvalue weighted by Gasteiger charge is 2.15. The summed E-state index contributed by atoms with van der Waals surface area (Å²) in [6.45, 7) is 4.17. The molecule has 0 amide bonds. The lowest BCUT2D eigenvalue weighted by atomic mass is 10.0. The Kier molecular flexibility index (Phi) is 3.63. The quantitative estimate of drug-likeness (QED) is 0.742. The van der Waals surface area contributed by atoms with Crippen LogP contribution in [-0.2, 0) is 0 Å². The number of nitrogens with zero attached hydrogens (tertiary/aromatic N) is 2. The van der Waals surface area contributed by atoms with Crippen LogP contribution in [-0.4, -0.2) is 13.1 Å². The van der Waals surface area contributed by atoms with Crippen LogP contribution < -0.4 is 4.90 Å². The topological polar surface area (TPSA) is 27.0 Å². The van der Waals surface area contributed by atoms with Crippen LogP contribution in [0, 0.1) is 23.1 Å². The fraction of sp³-hybridized carbons (Fsp3) is 0.500. The van der Waals surface area contributed by atoms with Gasteiger partial charge in [-0.25, -0.2) is 4.39 Å². The van der Waals surface area contributed by atoms with Gasteiger partial charge in [0.05, 0.1) is 11.6 Å². The molecule has 1 heterocycles. The molecule has 0 spiro atoms. The maximum absolute atomic E-state index is 13.4. The zero-order chi connectivity index (χ0) is 12.3. The second-order valence-corrected chi connectivity index (χ2v) is 4.83. The van der Waals surface area contributed by atoms with Gasteiger partial charge in [0.25, 0.3) is 0 Å². The highest BCUT2D eigenvalue weighted by atomic mass is 19.1. The first kappa shape index (κ1) is 11.9. The van der Waals surface area contributed by atoms with E-state index in [1.165, 1.54) is 18.6 Å². The lowest BCUT2D eigenvalue weighted by Crippen LogP contribution is -2.24. The number of anilines is 1. The summed E-state index contributed by atoms with van der Waals surface area (Å²) < 4.78 is 13.4. The van der Waals surface area contributed by atoms with E-state index in [1.54, 1.807) is 6.07 Å². The fourth-order valence-corrected chi connectivity index (χ4v) is 2.34. The molecule has 1 aromatic rings. The zero-order valence-corrected chi connectivity index (χ0v) is 10.1. The van der Waals surface area contributed by atoms with Crippen molar-refractivity contribution in [3.63, 3.8) is 0 Å². The van der Waals surface area contributed by atoms with Crippen LogP contribution in [0.1, 0.15) is 31.7 Å². The van der Waals surface area contributed by atoms with Gasteiger partial charge in [-0.2, -0.15) is 5.26 Å². The molecule has 0 N–H and O–H groups in total. The molecule has 0 saturated carbocycles. The molecule has 0 bridgehead atoms. The molecule has 0 aliphatic carbocycles. The summed E-state index contributed by atoms with van der Waals surface area (Å²) in [7, 11) is 0. The van der Waals surface area contributed by atoms with Gasteiger partial charge in [-0.05, 0) is 43.4 Å². The lowest BCUT2D eigenvalue weighted by Gasteiger charge is -2.23. The first-order chi connectivity index (χ1) is 8.19. The van der Waals surface area contributed by atoms with Crippen LogP contribution in [0.2, 0.25) is 0 Å². The van der Waals surface area contributed by atoms with Gasteiger partial charge in [0.2, 0.25) is 0 Å². The van der Waals surface area contributed by atoms with Gasteiger partial charge in [-0.3, -0.25) is 0 Å². The maximum atomic E-state index is 13.4. The molecule has 1 aliphatic heterocycles. The van der Waals surface area contributed by atoms with Crippen LogP contribution in [0.3, 0.4) is 0 Å². The van der Waals surface area contributed by atoms with Crippen LogP contribution >= 0.6 is 0 Å². The molecule has 1 fully saturated rings. The number of halogens is 1. The predicted molar refractivity (Wildman–Crippen MR) is 66.3 cm³/mol. The molecule has 1 saturated heterocycles. The average Bonchev–Trinajstić information content (AvgIpc) is 2.53. The Bertz CT molecular complexity index is 436. The van der Waals surface area contributed by atoms with Crippen LogP contribution in [0.15, 0.2) is 18.2 Å². The second-order valence-electron chi connectivity index (χ2n) is 4.83. The molecule has 1 aromatic carbocycles. The smallest absolute Gasteiger partial charge is 0.126 e. The molecule has 90 valence electrons. The third-order valence-corrected chi connectivity index (χ3v) is 3.39. The van der Waals surface area contributed by atoms with E-state index in [-0.39, 0.29) is 5.82 Å². The van der Waals surface area contributed by atoms with E-state index in [9.17, 15) is 4.39 Å². The molecule has 2 nitrogen and oxygen atoms in total. The standard InChI is InChI=1S/C14H17FN2/c1-11-3-2-5-17(6-4-11)14-8-12(10-16)7-13(15)9-14/h7-9,11H,2-6H2,1H3. The number of rotatable bonds is 1. The summed E-state index contributed by atoms with van der Waals surface area (Å²) >= 11 is 0. The normalized spacial score (nSPS) is 20.8. The minimum Gasteiger partial charge on any atom is -0.371 e. The van der Waals surface area contributed by atoms with Gasteiger partial charge in [0, 0.05) is 18.8 Å². The number of hydrogen-bond acceptors (Lipinski definition) is 2. The number of benzene rings is 1. The van der Waals surface area contributed by atoms with Crippen LogP contribution in [0.5, 0.6) is 0 Å². The SMILES string of the molecule is CC1CCCN(c2cc(F)cc(C#N)c2)CC1. The maximum Gasteiger partial charge on any atom is 0.126 e. The van der Waals surface area contributed by atoms with E-state index in [0.717, 1.165) is 37.5 Å². The van der Waals surface area contributed by atoms with Gasteiger partial charge in [-0.1, -0.05) is 6.92 Å². The van der Waals surface area contributed by atoms with Crippen molar-refractivity contribution < 1.29 is 4.39 Å². The largest absolute Gasteiger partial charge is 0.371 e. The molecule has 3 heteroatoms. The molecular weight excluding hydrogens is 215 g/mol. The summed E-state index contributed by atoms with van der Waals surface area (Å²) in [5.74, 6) is 0.417. The summed E-state index contributed by atoms with van der Waals surface area (Å²) in [6.07, 6.45) is 3.51. The monoisotopic (exact) mass is 232 g/mol. The van der Waals surface area contributed by atoms with E-state index in [0.29, 0.717) is 5.56 Å². The summed E-state index contributed by atoms with van der Waals surface area (Å²) in [6, 6.07) is 6.59. The molecular formula is C14H17FN2. The van der Waals surface area contributed by atoms with Gasteiger partial charge < -0.3 is 4.90 Å². The molecule has 1 aliphatic rings. The highest BCUT2D eigenvalue weighted by molar-refractivity contribution is 5.52. The second kappa shape index (κ2) is 5.18. The molecule has 1 atom stereocenters. The van der Waals surface area contributed by atoms with Crippen molar-refractivity contribution in [2.45, 2.75) is 26.2 Å². The van der Waals surface area contributed by atoms with Gasteiger partial charge in [0.1, 0.15) is 5.82 Å². The van der Waals surface area contributed by atoms with Crippen molar-refractivity contribution >= 4 is 5.69 Å². The Morgan fingerprint density at radius 3 is 2.88 bits per heavy atom. The van der Waals surface area contributed by atoms with E-state index in [1.807, 2.05) is 6.07 Å². The average molecular weight is 232 g/mol. The van der Waals surface area contributed by atoms with Crippen molar-refractivity contribution in [2.75, 3.05) is 18.0 Å². The molecule has 0 aromatic heterocycles. The summed E-state index contributed by atoms with van der Waals surface area (Å²) in [5, 5.41) is 8.85. The Labute approximate surface area is 102 Å². The first-order valence-electron chi connectivity index (χ1n) is 6.14. The van der Waals surface area contributed by atoms with Crippen molar-refractivity contribution in [1.29, 1.82) is 5.26 Å². The van der Waals surface area contributed by atoms with Crippen molar-refractivity contribution in [2.24, 2.45) is 5.92 Å². The van der Waals surface area contributed by atoms with Crippen molar-refractivity contribution in [3.05, 3.63) is 29.6 Å². The number of hydrogen-bond donors (Lipinski definition) is 0. The third kappa shape index (κ3) is 2.97. The minimum atomic E-state index is -0.323. The molecule has 17 heavy (non-hydrogen) atoms.